The molecule has 0 aliphatic carbocycles. The van der Waals surface area contributed by atoms with Gasteiger partial charge in [-0.1, -0.05) is 139 Å². The molecule has 9 aromatic carbocycles. The molecule has 61 heavy (non-hydrogen) atoms. The molecule has 0 aliphatic rings. The highest BCUT2D eigenvalue weighted by molar-refractivity contribution is 6.11. The first-order chi connectivity index (χ1) is 30.1. The molecule has 0 unspecified atom stereocenters. The lowest BCUT2D eigenvalue weighted by molar-refractivity contribution is 1.17. The molecular weight excluding hydrogens is 741 g/mol. The maximum absolute atomic E-state index is 5.11. The second kappa shape index (κ2) is 14.0. The van der Waals surface area contributed by atoms with Crippen LogP contribution in [0.25, 0.3) is 111 Å². The van der Waals surface area contributed by atoms with Crippen LogP contribution in [0.1, 0.15) is 5.56 Å². The van der Waals surface area contributed by atoms with Crippen LogP contribution in [0, 0.1) is 6.92 Å². The third-order valence-electron chi connectivity index (χ3n) is 12.2. The Labute approximate surface area is 353 Å². The van der Waals surface area contributed by atoms with Crippen LogP contribution in [-0.4, -0.2) is 19.1 Å². The van der Waals surface area contributed by atoms with Gasteiger partial charge in [-0.2, -0.15) is 0 Å². The molecule has 0 saturated carbocycles. The van der Waals surface area contributed by atoms with Crippen LogP contribution in [0.4, 0.5) is 0 Å². The standard InChI is InChI=1S/C57H38N4/c1-37-19-29-44(30-20-37)60-52-17-9-6-13-46(52)49-35-42(27-33-54(49)60)38-21-23-39(24-22-38)43-28-34-55-50(36-43)47-14-7-10-18-53(47)61(55)45-31-25-41(26-32-45)57-58-51-16-8-5-15-48(51)56(59-57)40-11-3-2-4-12-40/h2-36H,1H3. The first kappa shape index (κ1) is 34.9. The van der Waals surface area contributed by atoms with Crippen molar-refractivity contribution in [3.05, 3.63) is 218 Å². The Morgan fingerprint density at radius 1 is 0.311 bits per heavy atom. The largest absolute Gasteiger partial charge is 0.309 e. The van der Waals surface area contributed by atoms with E-state index in [0.717, 1.165) is 33.4 Å². The first-order valence-electron chi connectivity index (χ1n) is 20.8. The van der Waals surface area contributed by atoms with Gasteiger partial charge in [-0.05, 0) is 108 Å². The Morgan fingerprint density at radius 3 is 1.33 bits per heavy atom. The Morgan fingerprint density at radius 2 is 0.754 bits per heavy atom. The molecule has 0 radical (unpaired) electrons. The first-order valence-corrected chi connectivity index (χ1v) is 20.8. The summed E-state index contributed by atoms with van der Waals surface area (Å²) < 4.78 is 4.74. The topological polar surface area (TPSA) is 35.6 Å². The molecule has 0 aliphatic heterocycles. The zero-order valence-corrected chi connectivity index (χ0v) is 33.5. The maximum Gasteiger partial charge on any atom is 0.160 e. The fourth-order valence-corrected chi connectivity index (χ4v) is 9.19. The summed E-state index contributed by atoms with van der Waals surface area (Å²) in [5.41, 5.74) is 17.0. The SMILES string of the molecule is Cc1ccc(-n2c3ccccc3c3cc(-c4ccc(-c5ccc6c(c5)c5ccccc5n6-c5ccc(-c6nc(-c7ccccc7)c7ccccc7n6)cc5)cc4)ccc32)cc1. The quantitative estimate of drug-likeness (QED) is 0.169. The van der Waals surface area contributed by atoms with E-state index in [-0.39, 0.29) is 0 Å². The molecule has 4 nitrogen and oxygen atoms in total. The van der Waals surface area contributed by atoms with Crippen molar-refractivity contribution in [3.8, 4) is 56.3 Å². The molecule has 4 heteroatoms. The van der Waals surface area contributed by atoms with Crippen molar-refractivity contribution in [2.24, 2.45) is 0 Å². The highest BCUT2D eigenvalue weighted by atomic mass is 15.0. The lowest BCUT2D eigenvalue weighted by Crippen LogP contribution is -1.97. The average Bonchev–Trinajstić information content (AvgIpc) is 3.84. The zero-order valence-electron chi connectivity index (χ0n) is 33.5. The molecule has 0 N–H and O–H groups in total. The number of nitrogens with zero attached hydrogens (tertiary/aromatic N) is 4. The fourth-order valence-electron chi connectivity index (χ4n) is 9.19. The molecule has 3 aromatic heterocycles. The van der Waals surface area contributed by atoms with E-state index in [9.17, 15) is 0 Å². The minimum absolute atomic E-state index is 0.716. The fraction of sp³-hybridized carbons (Fsp3) is 0.0175. The summed E-state index contributed by atoms with van der Waals surface area (Å²) in [6.45, 7) is 2.13. The van der Waals surface area contributed by atoms with E-state index >= 15 is 0 Å². The minimum atomic E-state index is 0.716. The number of rotatable bonds is 6. The number of fused-ring (bicyclic) bond motifs is 7. The molecular formula is C57H38N4. The highest BCUT2D eigenvalue weighted by Gasteiger charge is 2.17. The third kappa shape index (κ3) is 5.83. The Balaban J connectivity index is 0.887. The van der Waals surface area contributed by atoms with E-state index < -0.39 is 0 Å². The van der Waals surface area contributed by atoms with E-state index in [1.807, 2.05) is 18.2 Å². The third-order valence-corrected chi connectivity index (χ3v) is 12.2. The summed E-state index contributed by atoms with van der Waals surface area (Å²) in [7, 11) is 0. The van der Waals surface area contributed by atoms with Crippen molar-refractivity contribution in [2.75, 3.05) is 0 Å². The van der Waals surface area contributed by atoms with Gasteiger partial charge in [-0.25, -0.2) is 9.97 Å². The van der Waals surface area contributed by atoms with Crippen LogP contribution in [0.2, 0.25) is 0 Å². The summed E-state index contributed by atoms with van der Waals surface area (Å²) in [6.07, 6.45) is 0. The summed E-state index contributed by atoms with van der Waals surface area (Å²) in [5.74, 6) is 0.716. The smallest absolute Gasteiger partial charge is 0.160 e. The predicted octanol–water partition coefficient (Wildman–Crippen LogP) is 14.8. The molecule has 0 fully saturated rings. The van der Waals surface area contributed by atoms with Gasteiger partial charge in [0.05, 0.1) is 33.3 Å². The molecule has 0 atom stereocenters. The molecule has 286 valence electrons. The van der Waals surface area contributed by atoms with Gasteiger partial charge >= 0.3 is 0 Å². The minimum Gasteiger partial charge on any atom is -0.309 e. The van der Waals surface area contributed by atoms with E-state index in [4.69, 9.17) is 9.97 Å². The van der Waals surface area contributed by atoms with E-state index in [0.29, 0.717) is 5.82 Å². The van der Waals surface area contributed by atoms with Crippen molar-refractivity contribution in [2.45, 2.75) is 6.92 Å². The van der Waals surface area contributed by atoms with Gasteiger partial charge in [-0.3, -0.25) is 0 Å². The van der Waals surface area contributed by atoms with Gasteiger partial charge in [0, 0.05) is 49.4 Å². The van der Waals surface area contributed by atoms with Gasteiger partial charge in [0.25, 0.3) is 0 Å². The number of para-hydroxylation sites is 3. The molecule has 0 spiro atoms. The van der Waals surface area contributed by atoms with Gasteiger partial charge in [0.1, 0.15) is 0 Å². The van der Waals surface area contributed by atoms with E-state index in [2.05, 4.69) is 210 Å². The summed E-state index contributed by atoms with van der Waals surface area (Å²) in [5, 5.41) is 6.02. The Hall–Kier alpha value is -8.08. The maximum atomic E-state index is 5.11. The van der Waals surface area contributed by atoms with Crippen LogP contribution in [0.15, 0.2) is 212 Å². The second-order valence-corrected chi connectivity index (χ2v) is 15.9. The summed E-state index contributed by atoms with van der Waals surface area (Å²) in [6, 6.07) is 76.3. The van der Waals surface area contributed by atoms with Gasteiger partial charge in [-0.15, -0.1) is 0 Å². The molecule has 0 amide bonds. The lowest BCUT2D eigenvalue weighted by Gasteiger charge is -2.11. The molecule has 12 aromatic rings. The Bertz CT molecular complexity index is 3610. The molecule has 0 bridgehead atoms. The highest BCUT2D eigenvalue weighted by Crippen LogP contribution is 2.38. The van der Waals surface area contributed by atoms with Crippen molar-refractivity contribution in [1.29, 1.82) is 0 Å². The van der Waals surface area contributed by atoms with Gasteiger partial charge < -0.3 is 9.13 Å². The van der Waals surface area contributed by atoms with Crippen LogP contribution < -0.4 is 0 Å². The number of hydrogen-bond donors (Lipinski definition) is 0. The van der Waals surface area contributed by atoms with Crippen LogP contribution >= 0.6 is 0 Å². The van der Waals surface area contributed by atoms with E-state index in [1.165, 1.54) is 77.1 Å². The summed E-state index contributed by atoms with van der Waals surface area (Å²) >= 11 is 0. The van der Waals surface area contributed by atoms with E-state index in [1.54, 1.807) is 0 Å². The number of aromatic nitrogens is 4. The number of hydrogen-bond acceptors (Lipinski definition) is 2. The molecule has 12 rings (SSSR count). The number of benzene rings is 9. The van der Waals surface area contributed by atoms with Crippen LogP contribution in [-0.2, 0) is 0 Å². The van der Waals surface area contributed by atoms with Gasteiger partial charge in [0.15, 0.2) is 5.82 Å². The number of aryl methyl sites for hydroxylation is 1. The molecule has 3 heterocycles. The lowest BCUT2D eigenvalue weighted by atomic mass is 9.98. The van der Waals surface area contributed by atoms with Crippen molar-refractivity contribution in [1.82, 2.24) is 19.1 Å². The average molecular weight is 779 g/mol. The summed E-state index contributed by atoms with van der Waals surface area (Å²) in [4.78, 5) is 10.1. The zero-order chi connectivity index (χ0) is 40.4. The van der Waals surface area contributed by atoms with Crippen molar-refractivity contribution < 1.29 is 0 Å². The second-order valence-electron chi connectivity index (χ2n) is 15.9. The predicted molar refractivity (Wildman–Crippen MR) is 255 cm³/mol. The Kier molecular flexibility index (Phi) is 8.04. The van der Waals surface area contributed by atoms with Crippen LogP contribution in [0.3, 0.4) is 0 Å². The van der Waals surface area contributed by atoms with Crippen molar-refractivity contribution >= 4 is 54.5 Å². The van der Waals surface area contributed by atoms with Crippen molar-refractivity contribution in [3.63, 3.8) is 0 Å². The normalized spacial score (nSPS) is 11.7. The monoisotopic (exact) mass is 778 g/mol. The van der Waals surface area contributed by atoms with Gasteiger partial charge in [0.2, 0.25) is 0 Å². The van der Waals surface area contributed by atoms with Crippen LogP contribution in [0.5, 0.6) is 0 Å². The molecule has 0 saturated heterocycles.